The molecule has 0 aliphatic carbocycles. The van der Waals surface area contributed by atoms with Gasteiger partial charge in [-0.15, -0.1) is 0 Å². The van der Waals surface area contributed by atoms with Crippen LogP contribution in [0.2, 0.25) is 0 Å². The summed E-state index contributed by atoms with van der Waals surface area (Å²) in [5.74, 6) is 0.463. The van der Waals surface area contributed by atoms with Crippen molar-refractivity contribution in [3.63, 3.8) is 0 Å². The highest BCUT2D eigenvalue weighted by molar-refractivity contribution is 5.96. The number of halogens is 1. The first-order valence-electron chi connectivity index (χ1n) is 10.6. The highest BCUT2D eigenvalue weighted by Crippen LogP contribution is 2.24. The number of carbonyl (C=O) groups excluding carboxylic acids is 1. The Kier molecular flexibility index (Phi) is 6.93. The number of hydrogen-bond donors (Lipinski definition) is 1. The van der Waals surface area contributed by atoms with Gasteiger partial charge in [0.15, 0.2) is 5.78 Å². The number of ketones is 1. The first kappa shape index (κ1) is 21.3. The third-order valence-corrected chi connectivity index (χ3v) is 5.19. The van der Waals surface area contributed by atoms with Gasteiger partial charge in [0.2, 0.25) is 0 Å². The summed E-state index contributed by atoms with van der Waals surface area (Å²) in [6, 6.07) is 31.5. The van der Waals surface area contributed by atoms with E-state index >= 15 is 0 Å². The van der Waals surface area contributed by atoms with E-state index in [0.29, 0.717) is 25.0 Å². The van der Waals surface area contributed by atoms with Crippen LogP contribution in [0.4, 0.5) is 15.8 Å². The normalized spacial score (nSPS) is 10.5. The first-order chi connectivity index (χ1) is 15.7. The molecule has 3 nitrogen and oxygen atoms in total. The lowest BCUT2D eigenvalue weighted by atomic mass is 10.0. The van der Waals surface area contributed by atoms with E-state index in [4.69, 9.17) is 4.74 Å². The van der Waals surface area contributed by atoms with Crippen molar-refractivity contribution in [3.8, 4) is 5.75 Å². The van der Waals surface area contributed by atoms with E-state index in [1.807, 2.05) is 78.9 Å². The number of ether oxygens (including phenoxy) is 1. The fourth-order valence-corrected chi connectivity index (χ4v) is 3.42. The van der Waals surface area contributed by atoms with Crippen molar-refractivity contribution < 1.29 is 13.9 Å². The molecule has 0 saturated heterocycles. The average molecular weight is 426 g/mol. The Morgan fingerprint density at radius 2 is 1.47 bits per heavy atom. The molecular weight excluding hydrogens is 401 g/mol. The molecule has 4 aromatic rings. The van der Waals surface area contributed by atoms with Gasteiger partial charge in [-0.05, 0) is 72.1 Å². The van der Waals surface area contributed by atoms with E-state index in [1.165, 1.54) is 24.3 Å². The zero-order chi connectivity index (χ0) is 22.2. The highest BCUT2D eigenvalue weighted by atomic mass is 19.1. The number of carbonyl (C=O) groups is 1. The summed E-state index contributed by atoms with van der Waals surface area (Å²) in [6.07, 6.45) is 0.953. The smallest absolute Gasteiger partial charge is 0.163 e. The van der Waals surface area contributed by atoms with Gasteiger partial charge < -0.3 is 10.1 Å². The van der Waals surface area contributed by atoms with Crippen LogP contribution in [0.5, 0.6) is 5.75 Å². The van der Waals surface area contributed by atoms with Crippen molar-refractivity contribution in [3.05, 3.63) is 126 Å². The molecule has 0 amide bonds. The molecule has 32 heavy (non-hydrogen) atoms. The summed E-state index contributed by atoms with van der Waals surface area (Å²) >= 11 is 0. The van der Waals surface area contributed by atoms with Crippen LogP contribution in [0.3, 0.4) is 0 Å². The molecule has 4 rings (SSSR count). The quantitative estimate of drug-likeness (QED) is 0.295. The maximum Gasteiger partial charge on any atom is 0.163 e. The topological polar surface area (TPSA) is 38.3 Å². The maximum atomic E-state index is 13.1. The number of para-hydroxylation sites is 1. The Labute approximate surface area is 187 Å². The standard InChI is InChI=1S/C28H24FNO2/c29-24-13-10-23(11-14-24)28(31)19-12-22-8-4-5-9-27(22)30-25-15-17-26(18-16-25)32-20-21-6-2-1-3-7-21/h1-11,13-18,30H,12,19-20H2. The van der Waals surface area contributed by atoms with Gasteiger partial charge in [-0.25, -0.2) is 4.39 Å². The van der Waals surface area contributed by atoms with E-state index in [2.05, 4.69) is 5.32 Å². The Bertz CT molecular complexity index is 1160. The molecule has 0 unspecified atom stereocenters. The summed E-state index contributed by atoms with van der Waals surface area (Å²) in [6.45, 7) is 0.526. The largest absolute Gasteiger partial charge is 0.489 e. The van der Waals surface area contributed by atoms with Gasteiger partial charge in [0.1, 0.15) is 18.2 Å². The van der Waals surface area contributed by atoms with E-state index in [1.54, 1.807) is 0 Å². The fourth-order valence-electron chi connectivity index (χ4n) is 3.42. The van der Waals surface area contributed by atoms with Gasteiger partial charge in [0.05, 0.1) is 0 Å². The predicted octanol–water partition coefficient (Wildman–Crippen LogP) is 6.96. The number of anilines is 2. The minimum atomic E-state index is -0.340. The number of benzene rings is 4. The highest BCUT2D eigenvalue weighted by Gasteiger charge is 2.09. The molecule has 4 aromatic carbocycles. The Hall–Kier alpha value is -3.92. The first-order valence-corrected chi connectivity index (χ1v) is 10.6. The van der Waals surface area contributed by atoms with Crippen LogP contribution >= 0.6 is 0 Å². The Balaban J connectivity index is 1.36. The van der Waals surface area contributed by atoms with Crippen molar-refractivity contribution in [2.45, 2.75) is 19.4 Å². The van der Waals surface area contributed by atoms with Crippen LogP contribution in [-0.2, 0) is 13.0 Å². The van der Waals surface area contributed by atoms with Crippen LogP contribution < -0.4 is 10.1 Å². The van der Waals surface area contributed by atoms with Gasteiger partial charge in [0.25, 0.3) is 0 Å². The van der Waals surface area contributed by atoms with Gasteiger partial charge in [-0.3, -0.25) is 4.79 Å². The molecule has 0 saturated carbocycles. The third kappa shape index (κ3) is 5.82. The predicted molar refractivity (Wildman–Crippen MR) is 126 cm³/mol. The van der Waals surface area contributed by atoms with Crippen molar-refractivity contribution >= 4 is 17.2 Å². The van der Waals surface area contributed by atoms with E-state index < -0.39 is 0 Å². The number of rotatable bonds is 9. The fraction of sp³-hybridized carbons (Fsp3) is 0.107. The van der Waals surface area contributed by atoms with Crippen LogP contribution in [0.1, 0.15) is 27.9 Å². The lowest BCUT2D eigenvalue weighted by molar-refractivity contribution is 0.0983. The van der Waals surface area contributed by atoms with Gasteiger partial charge in [-0.1, -0.05) is 48.5 Å². The summed E-state index contributed by atoms with van der Waals surface area (Å²) in [7, 11) is 0. The Morgan fingerprint density at radius 1 is 0.781 bits per heavy atom. The molecule has 0 fully saturated rings. The minimum Gasteiger partial charge on any atom is -0.489 e. The molecule has 1 N–H and O–H groups in total. The van der Waals surface area contributed by atoms with Crippen molar-refractivity contribution in [1.29, 1.82) is 0 Å². The maximum absolute atomic E-state index is 13.1. The second-order valence-electron chi connectivity index (χ2n) is 7.51. The van der Waals surface area contributed by atoms with E-state index in [9.17, 15) is 9.18 Å². The molecule has 0 aromatic heterocycles. The van der Waals surface area contributed by atoms with E-state index in [0.717, 1.165) is 28.3 Å². The van der Waals surface area contributed by atoms with Crippen LogP contribution in [0.15, 0.2) is 103 Å². The SMILES string of the molecule is O=C(CCc1ccccc1Nc1ccc(OCc2ccccc2)cc1)c1ccc(F)cc1. The third-order valence-electron chi connectivity index (χ3n) is 5.19. The van der Waals surface area contributed by atoms with E-state index in [-0.39, 0.29) is 11.6 Å². The zero-order valence-electron chi connectivity index (χ0n) is 17.6. The van der Waals surface area contributed by atoms with Gasteiger partial charge in [-0.2, -0.15) is 0 Å². The molecule has 0 radical (unpaired) electrons. The van der Waals surface area contributed by atoms with Gasteiger partial charge >= 0.3 is 0 Å². The summed E-state index contributed by atoms with van der Waals surface area (Å²) in [5, 5.41) is 3.43. The molecule has 160 valence electrons. The van der Waals surface area contributed by atoms with Crippen molar-refractivity contribution in [2.75, 3.05) is 5.32 Å². The van der Waals surface area contributed by atoms with Crippen LogP contribution in [0, 0.1) is 5.82 Å². The molecule has 0 atom stereocenters. The lowest BCUT2D eigenvalue weighted by Crippen LogP contribution is -2.03. The molecule has 0 aliphatic heterocycles. The minimum absolute atomic E-state index is 0.000259. The van der Waals surface area contributed by atoms with Crippen LogP contribution in [0.25, 0.3) is 0 Å². The number of Topliss-reactive ketones (excluding diaryl/α,β-unsaturated/α-hetero) is 1. The lowest BCUT2D eigenvalue weighted by Gasteiger charge is -2.13. The molecule has 0 bridgehead atoms. The summed E-state index contributed by atoms with van der Waals surface area (Å²) in [5.41, 5.74) is 4.60. The van der Waals surface area contributed by atoms with Gasteiger partial charge in [0, 0.05) is 23.4 Å². The number of nitrogens with one attached hydrogen (secondary N) is 1. The molecule has 4 heteroatoms. The average Bonchev–Trinajstić information content (AvgIpc) is 2.84. The monoisotopic (exact) mass is 425 g/mol. The molecular formula is C28H24FNO2. The molecule has 0 aliphatic rings. The Morgan fingerprint density at radius 3 is 2.22 bits per heavy atom. The second kappa shape index (κ2) is 10.4. The van der Waals surface area contributed by atoms with Crippen LogP contribution in [-0.4, -0.2) is 5.78 Å². The number of aryl methyl sites for hydroxylation is 1. The summed E-state index contributed by atoms with van der Waals surface area (Å²) < 4.78 is 18.9. The van der Waals surface area contributed by atoms with Crippen molar-refractivity contribution in [2.24, 2.45) is 0 Å². The molecule has 0 spiro atoms. The molecule has 0 heterocycles. The van der Waals surface area contributed by atoms with Crippen molar-refractivity contribution in [1.82, 2.24) is 0 Å². The summed E-state index contributed by atoms with van der Waals surface area (Å²) in [4.78, 5) is 12.4. The number of hydrogen-bond acceptors (Lipinski definition) is 3. The zero-order valence-corrected chi connectivity index (χ0v) is 17.6. The second-order valence-corrected chi connectivity index (χ2v) is 7.51.